The molecule has 23 heavy (non-hydrogen) atoms. The zero-order valence-corrected chi connectivity index (χ0v) is 13.5. The second-order valence-electron chi connectivity index (χ2n) is 5.82. The molecular weight excluding hydrogens is 294 g/mol. The fourth-order valence-electron chi connectivity index (χ4n) is 3.07. The van der Waals surface area contributed by atoms with Gasteiger partial charge in [0.15, 0.2) is 0 Å². The maximum Gasteiger partial charge on any atom is 0.274 e. The van der Waals surface area contributed by atoms with Gasteiger partial charge >= 0.3 is 0 Å². The summed E-state index contributed by atoms with van der Waals surface area (Å²) in [4.78, 5) is 30.2. The van der Waals surface area contributed by atoms with Gasteiger partial charge in [-0.25, -0.2) is 9.67 Å². The number of aryl methyl sites for hydroxylation is 2. The van der Waals surface area contributed by atoms with Crippen LogP contribution in [0, 0.1) is 0 Å². The van der Waals surface area contributed by atoms with E-state index in [0.29, 0.717) is 24.7 Å². The Morgan fingerprint density at radius 1 is 1.30 bits per heavy atom. The van der Waals surface area contributed by atoms with Crippen molar-refractivity contribution in [3.8, 4) is 0 Å². The highest BCUT2D eigenvalue weighted by Gasteiger charge is 2.27. The summed E-state index contributed by atoms with van der Waals surface area (Å²) in [5, 5.41) is 4.04. The van der Waals surface area contributed by atoms with E-state index in [2.05, 4.69) is 21.6 Å². The number of likely N-dealkylation sites (tertiary alicyclic amines) is 1. The van der Waals surface area contributed by atoms with Crippen LogP contribution in [0.4, 0.5) is 0 Å². The summed E-state index contributed by atoms with van der Waals surface area (Å²) < 4.78 is 3.36. The van der Waals surface area contributed by atoms with Crippen molar-refractivity contribution in [2.45, 2.75) is 32.2 Å². The molecule has 1 aliphatic rings. The van der Waals surface area contributed by atoms with Crippen molar-refractivity contribution in [1.29, 1.82) is 0 Å². The molecule has 0 saturated carbocycles. The summed E-state index contributed by atoms with van der Waals surface area (Å²) in [7, 11) is 1.55. The molecule has 0 unspecified atom stereocenters. The Morgan fingerprint density at radius 3 is 2.70 bits per heavy atom. The monoisotopic (exact) mass is 315 g/mol. The van der Waals surface area contributed by atoms with E-state index in [1.54, 1.807) is 7.05 Å². The van der Waals surface area contributed by atoms with E-state index in [4.69, 9.17) is 0 Å². The normalized spacial score (nSPS) is 15.8. The maximum absolute atomic E-state index is 12.5. The Hall–Kier alpha value is -2.44. The number of hydrogen-bond donors (Lipinski definition) is 0. The fraction of sp³-hybridized carbons (Fsp3) is 0.500. The molecule has 1 saturated heterocycles. The second kappa shape index (κ2) is 6.36. The molecule has 3 rings (SSSR count). The van der Waals surface area contributed by atoms with Crippen LogP contribution in [0.3, 0.4) is 0 Å². The minimum atomic E-state index is -0.216. The summed E-state index contributed by atoms with van der Waals surface area (Å²) >= 11 is 0. The van der Waals surface area contributed by atoms with Crippen molar-refractivity contribution >= 4 is 5.91 Å². The number of hydrogen-bond acceptors (Lipinski definition) is 4. The third-order valence-corrected chi connectivity index (χ3v) is 4.42. The van der Waals surface area contributed by atoms with Crippen LogP contribution in [0.5, 0.6) is 0 Å². The molecule has 1 fully saturated rings. The average Bonchev–Trinajstić information content (AvgIpc) is 3.05. The van der Waals surface area contributed by atoms with Gasteiger partial charge in [-0.15, -0.1) is 0 Å². The molecule has 1 aliphatic heterocycles. The number of piperidine rings is 1. The molecule has 0 N–H and O–H groups in total. The van der Waals surface area contributed by atoms with Crippen molar-refractivity contribution in [2.24, 2.45) is 7.05 Å². The average molecular weight is 315 g/mol. The summed E-state index contributed by atoms with van der Waals surface area (Å²) in [6.45, 7) is 4.39. The van der Waals surface area contributed by atoms with Crippen LogP contribution in [0.1, 0.15) is 42.0 Å². The van der Waals surface area contributed by atoms with Crippen molar-refractivity contribution in [1.82, 2.24) is 24.2 Å². The molecule has 0 spiro atoms. The van der Waals surface area contributed by atoms with Gasteiger partial charge in [0, 0.05) is 51.1 Å². The predicted octanol–water partition coefficient (Wildman–Crippen LogP) is 1.02. The zero-order chi connectivity index (χ0) is 16.4. The van der Waals surface area contributed by atoms with Crippen LogP contribution in [-0.2, 0) is 13.6 Å². The highest BCUT2D eigenvalue weighted by Crippen LogP contribution is 2.27. The lowest BCUT2D eigenvalue weighted by Crippen LogP contribution is -2.39. The molecule has 0 bridgehead atoms. The van der Waals surface area contributed by atoms with Crippen LogP contribution >= 0.6 is 0 Å². The van der Waals surface area contributed by atoms with E-state index in [1.165, 1.54) is 16.8 Å². The number of carbonyl (C=O) groups is 1. The van der Waals surface area contributed by atoms with Crippen molar-refractivity contribution in [3.63, 3.8) is 0 Å². The maximum atomic E-state index is 12.5. The molecule has 7 nitrogen and oxygen atoms in total. The number of nitrogens with zero attached hydrogens (tertiary/aromatic N) is 5. The predicted molar refractivity (Wildman–Crippen MR) is 85.3 cm³/mol. The van der Waals surface area contributed by atoms with Crippen LogP contribution in [0.25, 0.3) is 0 Å². The number of imidazole rings is 1. The van der Waals surface area contributed by atoms with E-state index < -0.39 is 0 Å². The Bertz CT molecular complexity index is 756. The van der Waals surface area contributed by atoms with Crippen LogP contribution in [0.2, 0.25) is 0 Å². The largest absolute Gasteiger partial charge is 0.337 e. The molecule has 1 amide bonds. The highest BCUT2D eigenvalue weighted by atomic mass is 16.2. The minimum Gasteiger partial charge on any atom is -0.337 e. The standard InChI is InChI=1S/C16H21N5O2/c1-3-20-11-8-17-15(20)12-6-9-21(10-7-12)16(23)13-4-5-14(22)19(2)18-13/h4-5,8,11-12H,3,6-7,9-10H2,1-2H3. The van der Waals surface area contributed by atoms with Crippen molar-refractivity contribution < 1.29 is 4.79 Å². The topological polar surface area (TPSA) is 73.0 Å². The Kier molecular flexibility index (Phi) is 4.27. The van der Waals surface area contributed by atoms with E-state index >= 15 is 0 Å². The first-order chi connectivity index (χ1) is 11.1. The van der Waals surface area contributed by atoms with Gasteiger partial charge < -0.3 is 9.47 Å². The van der Waals surface area contributed by atoms with E-state index in [-0.39, 0.29) is 11.5 Å². The SMILES string of the molecule is CCn1ccnc1C1CCN(C(=O)c2ccc(=O)n(C)n2)CC1. The molecule has 122 valence electrons. The molecule has 2 aromatic rings. The van der Waals surface area contributed by atoms with Crippen LogP contribution in [0.15, 0.2) is 29.3 Å². The number of rotatable bonds is 3. The quantitative estimate of drug-likeness (QED) is 0.847. The van der Waals surface area contributed by atoms with E-state index in [1.807, 2.05) is 17.3 Å². The van der Waals surface area contributed by atoms with Crippen LogP contribution < -0.4 is 5.56 Å². The summed E-state index contributed by atoms with van der Waals surface area (Å²) in [6.07, 6.45) is 5.63. The van der Waals surface area contributed by atoms with Gasteiger partial charge in [0.2, 0.25) is 0 Å². The molecule has 2 aromatic heterocycles. The van der Waals surface area contributed by atoms with Gasteiger partial charge in [0.05, 0.1) is 0 Å². The third kappa shape index (κ3) is 3.04. The molecule has 3 heterocycles. The highest BCUT2D eigenvalue weighted by molar-refractivity contribution is 5.92. The molecular formula is C16H21N5O2. The molecule has 0 aromatic carbocycles. The Morgan fingerprint density at radius 2 is 2.04 bits per heavy atom. The fourth-order valence-corrected chi connectivity index (χ4v) is 3.07. The van der Waals surface area contributed by atoms with Gasteiger partial charge in [0.1, 0.15) is 11.5 Å². The van der Waals surface area contributed by atoms with Gasteiger partial charge in [-0.05, 0) is 25.8 Å². The summed E-state index contributed by atoms with van der Waals surface area (Å²) in [5.41, 5.74) is 0.104. The lowest BCUT2D eigenvalue weighted by atomic mass is 9.95. The first-order valence-electron chi connectivity index (χ1n) is 7.94. The Balaban J connectivity index is 1.67. The Labute approximate surface area is 134 Å². The number of amides is 1. The van der Waals surface area contributed by atoms with Gasteiger partial charge in [-0.2, -0.15) is 5.10 Å². The van der Waals surface area contributed by atoms with Gasteiger partial charge in [0.25, 0.3) is 11.5 Å². The van der Waals surface area contributed by atoms with E-state index in [9.17, 15) is 9.59 Å². The van der Waals surface area contributed by atoms with Crippen LogP contribution in [-0.4, -0.2) is 43.2 Å². The smallest absolute Gasteiger partial charge is 0.274 e. The third-order valence-electron chi connectivity index (χ3n) is 4.42. The first-order valence-corrected chi connectivity index (χ1v) is 7.94. The zero-order valence-electron chi connectivity index (χ0n) is 13.5. The van der Waals surface area contributed by atoms with Crippen molar-refractivity contribution in [3.05, 3.63) is 46.4 Å². The minimum absolute atomic E-state index is 0.113. The van der Waals surface area contributed by atoms with E-state index in [0.717, 1.165) is 25.2 Å². The molecule has 0 radical (unpaired) electrons. The second-order valence-corrected chi connectivity index (χ2v) is 5.82. The summed E-state index contributed by atoms with van der Waals surface area (Å²) in [6, 6.07) is 2.88. The summed E-state index contributed by atoms with van der Waals surface area (Å²) in [5.74, 6) is 1.39. The number of carbonyl (C=O) groups excluding carboxylic acids is 1. The first kappa shape index (κ1) is 15.5. The van der Waals surface area contributed by atoms with Crippen molar-refractivity contribution in [2.75, 3.05) is 13.1 Å². The lowest BCUT2D eigenvalue weighted by molar-refractivity contribution is 0.0701. The lowest BCUT2D eigenvalue weighted by Gasteiger charge is -2.31. The molecule has 7 heteroatoms. The molecule has 0 atom stereocenters. The van der Waals surface area contributed by atoms with Gasteiger partial charge in [-0.3, -0.25) is 9.59 Å². The number of aromatic nitrogens is 4. The molecule has 0 aliphatic carbocycles. The van der Waals surface area contributed by atoms with Gasteiger partial charge in [-0.1, -0.05) is 0 Å².